The van der Waals surface area contributed by atoms with Crippen LogP contribution in [-0.2, 0) is 9.53 Å². The number of likely N-dealkylation sites (tertiary alicyclic amines) is 1. The zero-order chi connectivity index (χ0) is 17.3. The van der Waals surface area contributed by atoms with Crippen LogP contribution < -0.4 is 5.73 Å². The number of carbonyl (C=O) groups is 2. The van der Waals surface area contributed by atoms with Gasteiger partial charge in [0.05, 0.1) is 24.5 Å². The first-order chi connectivity index (χ1) is 11.4. The predicted octanol–water partition coefficient (Wildman–Crippen LogP) is 0.221. The molecule has 2 aliphatic rings. The Hall–Kier alpha value is -2.22. The number of rotatable bonds is 2. The molecule has 2 amide bonds. The van der Waals surface area contributed by atoms with E-state index in [9.17, 15) is 9.59 Å². The summed E-state index contributed by atoms with van der Waals surface area (Å²) < 4.78 is 5.31. The van der Waals surface area contributed by atoms with E-state index in [0.29, 0.717) is 50.5 Å². The fourth-order valence-electron chi connectivity index (χ4n) is 3.46. The third-order valence-electron chi connectivity index (χ3n) is 4.87. The molecule has 0 bridgehead atoms. The summed E-state index contributed by atoms with van der Waals surface area (Å²) in [6, 6.07) is 0. The first kappa shape index (κ1) is 16.6. The molecule has 1 unspecified atom stereocenters. The lowest BCUT2D eigenvalue weighted by Gasteiger charge is -2.39. The second-order valence-corrected chi connectivity index (χ2v) is 6.47. The third-order valence-corrected chi connectivity index (χ3v) is 4.87. The molecule has 2 aliphatic heterocycles. The highest BCUT2D eigenvalue weighted by molar-refractivity contribution is 6.00. The first-order valence-corrected chi connectivity index (χ1v) is 8.22. The molecule has 1 aromatic heterocycles. The average Bonchev–Trinajstić information content (AvgIpc) is 2.97. The number of hydrogen-bond acceptors (Lipinski definition) is 6. The molecule has 0 spiro atoms. The minimum absolute atomic E-state index is 0.00864. The SMILES string of the molecule is Cc1nc(N)ncc1C(=O)N1CCCC1(C)C(=O)N1CCOCC1. The van der Waals surface area contributed by atoms with Gasteiger partial charge in [-0.25, -0.2) is 9.97 Å². The zero-order valence-corrected chi connectivity index (χ0v) is 14.1. The number of hydrogen-bond donors (Lipinski definition) is 1. The molecule has 0 saturated carbocycles. The zero-order valence-electron chi connectivity index (χ0n) is 14.1. The van der Waals surface area contributed by atoms with Crippen LogP contribution in [0.4, 0.5) is 5.95 Å². The van der Waals surface area contributed by atoms with Gasteiger partial charge in [-0.05, 0) is 26.7 Å². The summed E-state index contributed by atoms with van der Waals surface area (Å²) in [5.41, 5.74) is 5.65. The summed E-state index contributed by atoms with van der Waals surface area (Å²) in [4.78, 5) is 37.5. The monoisotopic (exact) mass is 333 g/mol. The van der Waals surface area contributed by atoms with E-state index >= 15 is 0 Å². The molecule has 1 aromatic rings. The first-order valence-electron chi connectivity index (χ1n) is 8.22. The van der Waals surface area contributed by atoms with Crippen molar-refractivity contribution >= 4 is 17.8 Å². The summed E-state index contributed by atoms with van der Waals surface area (Å²) in [5, 5.41) is 0. The molecule has 0 radical (unpaired) electrons. The lowest BCUT2D eigenvalue weighted by atomic mass is 9.95. The van der Waals surface area contributed by atoms with E-state index in [1.807, 2.05) is 6.92 Å². The van der Waals surface area contributed by atoms with Crippen molar-refractivity contribution in [1.29, 1.82) is 0 Å². The molecule has 2 N–H and O–H groups in total. The smallest absolute Gasteiger partial charge is 0.258 e. The molecular formula is C16H23N5O3. The number of anilines is 1. The highest BCUT2D eigenvalue weighted by Gasteiger charge is 2.48. The second kappa shape index (κ2) is 6.35. The van der Waals surface area contributed by atoms with Gasteiger partial charge in [0.25, 0.3) is 5.91 Å². The largest absolute Gasteiger partial charge is 0.378 e. The van der Waals surface area contributed by atoms with Gasteiger partial charge in [0.15, 0.2) is 0 Å². The Morgan fingerprint density at radius 1 is 1.29 bits per heavy atom. The van der Waals surface area contributed by atoms with Crippen LogP contribution in [0.1, 0.15) is 35.8 Å². The Morgan fingerprint density at radius 3 is 2.67 bits per heavy atom. The predicted molar refractivity (Wildman–Crippen MR) is 87.3 cm³/mol. The highest BCUT2D eigenvalue weighted by atomic mass is 16.5. The molecule has 8 nitrogen and oxygen atoms in total. The van der Waals surface area contributed by atoms with E-state index in [2.05, 4.69) is 9.97 Å². The Labute approximate surface area is 141 Å². The van der Waals surface area contributed by atoms with Crippen LogP contribution in [0.15, 0.2) is 6.20 Å². The van der Waals surface area contributed by atoms with Gasteiger partial charge in [-0.1, -0.05) is 0 Å². The van der Waals surface area contributed by atoms with Crippen LogP contribution in [0.3, 0.4) is 0 Å². The van der Waals surface area contributed by atoms with E-state index in [-0.39, 0.29) is 17.8 Å². The fourth-order valence-corrected chi connectivity index (χ4v) is 3.46. The third kappa shape index (κ3) is 2.82. The maximum Gasteiger partial charge on any atom is 0.258 e. The Balaban J connectivity index is 1.86. The van der Waals surface area contributed by atoms with E-state index in [1.165, 1.54) is 6.20 Å². The Morgan fingerprint density at radius 2 is 2.00 bits per heavy atom. The molecule has 3 heterocycles. The second-order valence-electron chi connectivity index (χ2n) is 6.47. The molecule has 1 atom stereocenters. The van der Waals surface area contributed by atoms with Crippen LogP contribution in [0, 0.1) is 6.92 Å². The maximum atomic E-state index is 13.0. The van der Waals surface area contributed by atoms with Crippen molar-refractivity contribution in [3.8, 4) is 0 Å². The van der Waals surface area contributed by atoms with E-state index < -0.39 is 5.54 Å². The van der Waals surface area contributed by atoms with Gasteiger partial charge in [-0.15, -0.1) is 0 Å². The molecule has 2 saturated heterocycles. The maximum absolute atomic E-state index is 13.0. The van der Waals surface area contributed by atoms with Crippen LogP contribution in [0.25, 0.3) is 0 Å². The van der Waals surface area contributed by atoms with Crippen molar-refractivity contribution in [2.45, 2.75) is 32.2 Å². The number of nitrogens with zero attached hydrogens (tertiary/aromatic N) is 4. The number of aryl methyl sites for hydroxylation is 1. The fraction of sp³-hybridized carbons (Fsp3) is 0.625. The summed E-state index contributed by atoms with van der Waals surface area (Å²) in [5.74, 6) is -0.0857. The van der Waals surface area contributed by atoms with Crippen molar-refractivity contribution in [3.63, 3.8) is 0 Å². The Bertz CT molecular complexity index is 659. The lowest BCUT2D eigenvalue weighted by Crippen LogP contribution is -2.58. The van der Waals surface area contributed by atoms with Crippen LogP contribution in [0.2, 0.25) is 0 Å². The number of amides is 2. The van der Waals surface area contributed by atoms with Crippen molar-refractivity contribution in [2.75, 3.05) is 38.6 Å². The molecule has 0 aromatic carbocycles. The lowest BCUT2D eigenvalue weighted by molar-refractivity contribution is -0.144. The minimum atomic E-state index is -0.831. The quantitative estimate of drug-likeness (QED) is 0.831. The molecule has 0 aliphatic carbocycles. The topological polar surface area (TPSA) is 102 Å². The van der Waals surface area contributed by atoms with Gasteiger partial charge in [-0.2, -0.15) is 0 Å². The van der Waals surface area contributed by atoms with E-state index in [4.69, 9.17) is 10.5 Å². The standard InChI is InChI=1S/C16H23N5O3/c1-11-12(10-18-15(17)19-11)13(22)21-5-3-4-16(21,2)14(23)20-6-8-24-9-7-20/h10H,3-9H2,1-2H3,(H2,17,18,19). The number of nitrogens with two attached hydrogens (primary N) is 1. The molecule has 3 rings (SSSR count). The minimum Gasteiger partial charge on any atom is -0.378 e. The number of carbonyl (C=O) groups excluding carboxylic acids is 2. The number of nitrogen functional groups attached to an aromatic ring is 1. The van der Waals surface area contributed by atoms with Gasteiger partial charge in [0.2, 0.25) is 11.9 Å². The molecule has 8 heteroatoms. The summed E-state index contributed by atoms with van der Waals surface area (Å²) in [6.45, 7) is 6.35. The van der Waals surface area contributed by atoms with Gasteiger partial charge >= 0.3 is 0 Å². The van der Waals surface area contributed by atoms with Crippen LogP contribution in [-0.4, -0.2) is 70.0 Å². The normalized spacial score (nSPS) is 24.2. The molecule has 130 valence electrons. The van der Waals surface area contributed by atoms with Crippen LogP contribution in [0.5, 0.6) is 0 Å². The van der Waals surface area contributed by atoms with Gasteiger partial charge in [0.1, 0.15) is 5.54 Å². The Kier molecular flexibility index (Phi) is 4.40. The van der Waals surface area contributed by atoms with Crippen molar-refractivity contribution in [3.05, 3.63) is 17.5 Å². The number of morpholine rings is 1. The van der Waals surface area contributed by atoms with Gasteiger partial charge in [-0.3, -0.25) is 9.59 Å². The molecule has 24 heavy (non-hydrogen) atoms. The van der Waals surface area contributed by atoms with E-state index in [1.54, 1.807) is 16.7 Å². The summed E-state index contributed by atoms with van der Waals surface area (Å²) in [7, 11) is 0. The van der Waals surface area contributed by atoms with Crippen LogP contribution >= 0.6 is 0 Å². The van der Waals surface area contributed by atoms with Crippen molar-refractivity contribution in [2.24, 2.45) is 0 Å². The van der Waals surface area contributed by atoms with Crippen molar-refractivity contribution < 1.29 is 14.3 Å². The van der Waals surface area contributed by atoms with Gasteiger partial charge in [0, 0.05) is 25.8 Å². The molecular weight excluding hydrogens is 310 g/mol. The number of aromatic nitrogens is 2. The summed E-state index contributed by atoms with van der Waals surface area (Å²) >= 11 is 0. The summed E-state index contributed by atoms with van der Waals surface area (Å²) in [6.07, 6.45) is 2.90. The molecule has 2 fully saturated rings. The average molecular weight is 333 g/mol. The van der Waals surface area contributed by atoms with Gasteiger partial charge < -0.3 is 20.3 Å². The van der Waals surface area contributed by atoms with E-state index in [0.717, 1.165) is 6.42 Å². The van der Waals surface area contributed by atoms with Crippen molar-refractivity contribution in [1.82, 2.24) is 19.8 Å². The number of ether oxygens (including phenoxy) is 1. The highest BCUT2D eigenvalue weighted by Crippen LogP contribution is 2.33.